The van der Waals surface area contributed by atoms with Crippen molar-refractivity contribution in [1.29, 1.82) is 0 Å². The van der Waals surface area contributed by atoms with Crippen LogP contribution in [0.1, 0.15) is 78.1 Å². The van der Waals surface area contributed by atoms with Crippen LogP contribution in [0.4, 0.5) is 0 Å². The van der Waals surface area contributed by atoms with E-state index < -0.39 is 8.56 Å². The van der Waals surface area contributed by atoms with Crippen molar-refractivity contribution >= 4 is 21.2 Å². The predicted octanol–water partition coefficient (Wildman–Crippen LogP) is 5.47. The molecule has 5 heteroatoms. The first-order valence-corrected chi connectivity index (χ1v) is 12.7. The first-order valence-electron chi connectivity index (χ1n) is 9.88. The summed E-state index contributed by atoms with van der Waals surface area (Å²) in [5, 5.41) is 0. The lowest BCUT2D eigenvalue weighted by atomic mass is 10.1. The van der Waals surface area contributed by atoms with Crippen molar-refractivity contribution in [2.45, 2.75) is 90.1 Å². The van der Waals surface area contributed by atoms with E-state index in [1.165, 1.54) is 51.4 Å². The number of unbranched alkanes of at least 4 members (excludes halogenated alkanes) is 7. The van der Waals surface area contributed by atoms with Gasteiger partial charge in [-0.3, -0.25) is 0 Å². The quantitative estimate of drug-likeness (QED) is 0.274. The Hall–Kier alpha value is 0.447. The Morgan fingerprint density at radius 1 is 1.00 bits per heavy atom. The van der Waals surface area contributed by atoms with E-state index in [9.17, 15) is 0 Å². The van der Waals surface area contributed by atoms with Crippen molar-refractivity contribution in [3.8, 4) is 0 Å². The van der Waals surface area contributed by atoms with Gasteiger partial charge in [-0.1, -0.05) is 65.2 Å². The van der Waals surface area contributed by atoms with Crippen LogP contribution in [-0.4, -0.2) is 27.5 Å². The number of hydrogen-bond acceptors (Lipinski definition) is 4. The summed E-state index contributed by atoms with van der Waals surface area (Å²) in [4.78, 5) is 0. The molecule has 0 bridgehead atoms. The topological polar surface area (TPSA) is 30.5 Å². The monoisotopic (exact) mass is 361 g/mol. The van der Waals surface area contributed by atoms with Gasteiger partial charge in [-0.05, 0) is 36.6 Å². The summed E-state index contributed by atoms with van der Waals surface area (Å²) in [5.41, 5.74) is 3.22. The fraction of sp³-hybridized carbons (Fsp3) is 1.00. The van der Waals surface area contributed by atoms with Gasteiger partial charge in [0.15, 0.2) is 0 Å². The van der Waals surface area contributed by atoms with Gasteiger partial charge in [-0.15, -0.1) is 0 Å². The first-order chi connectivity index (χ1) is 11.2. The lowest BCUT2D eigenvalue weighted by Crippen LogP contribution is -2.49. The van der Waals surface area contributed by atoms with E-state index in [1.807, 2.05) is 0 Å². The molecule has 0 spiro atoms. The molecule has 2 unspecified atom stereocenters. The molecule has 0 aromatic rings. The number of hydrogen-bond donors (Lipinski definition) is 2. The summed E-state index contributed by atoms with van der Waals surface area (Å²) in [6.07, 6.45) is 13.1. The Balaban J connectivity index is 2.27. The Bertz CT molecular complexity index is 272. The molecule has 1 rings (SSSR count). The zero-order valence-corrected chi connectivity index (χ0v) is 17.3. The lowest BCUT2D eigenvalue weighted by molar-refractivity contribution is 0.0684. The second kappa shape index (κ2) is 13.7. The molecule has 1 N–H and O–H groups in total. The highest BCUT2D eigenvalue weighted by Crippen LogP contribution is 2.26. The van der Waals surface area contributed by atoms with Gasteiger partial charge in [0.1, 0.15) is 0 Å². The number of hydroxylamine groups is 1. The fourth-order valence-corrected chi connectivity index (χ4v) is 6.74. The lowest BCUT2D eigenvalue weighted by Gasteiger charge is -2.33. The van der Waals surface area contributed by atoms with Crippen LogP contribution in [0.2, 0.25) is 12.1 Å². The molecule has 138 valence electrons. The third-order valence-corrected chi connectivity index (χ3v) is 8.59. The van der Waals surface area contributed by atoms with Crippen LogP contribution in [0.25, 0.3) is 0 Å². The van der Waals surface area contributed by atoms with Crippen molar-refractivity contribution < 1.29 is 8.95 Å². The molecule has 2 atom stereocenters. The van der Waals surface area contributed by atoms with Crippen LogP contribution in [0.3, 0.4) is 0 Å². The summed E-state index contributed by atoms with van der Waals surface area (Å²) in [7, 11) is -2.06. The SMILES string of the molecule is CCCCCCCCCC[Si]1(CCCS)OCCC(C)CNO1. The van der Waals surface area contributed by atoms with Crippen LogP contribution < -0.4 is 5.48 Å². The highest BCUT2D eigenvalue weighted by atomic mass is 32.1. The Morgan fingerprint density at radius 3 is 2.35 bits per heavy atom. The zero-order chi connectivity index (χ0) is 16.8. The van der Waals surface area contributed by atoms with Crippen molar-refractivity contribution in [1.82, 2.24) is 5.48 Å². The van der Waals surface area contributed by atoms with E-state index in [-0.39, 0.29) is 0 Å². The molecule has 23 heavy (non-hydrogen) atoms. The van der Waals surface area contributed by atoms with E-state index in [0.717, 1.165) is 43.8 Å². The third-order valence-electron chi connectivity index (χ3n) is 4.79. The van der Waals surface area contributed by atoms with Crippen molar-refractivity contribution in [3.05, 3.63) is 0 Å². The molecule has 1 saturated heterocycles. The van der Waals surface area contributed by atoms with Gasteiger partial charge in [-0.2, -0.15) is 12.6 Å². The van der Waals surface area contributed by atoms with Gasteiger partial charge < -0.3 is 8.95 Å². The minimum absolute atomic E-state index is 0.634. The normalized spacial score (nSPS) is 26.0. The molecule has 1 aliphatic heterocycles. The maximum Gasteiger partial charge on any atom is 0.358 e. The molecule has 0 amide bonds. The summed E-state index contributed by atoms with van der Waals surface area (Å²) in [6, 6.07) is 2.21. The minimum Gasteiger partial charge on any atom is -0.393 e. The highest BCUT2D eigenvalue weighted by molar-refractivity contribution is 7.80. The summed E-state index contributed by atoms with van der Waals surface area (Å²) < 4.78 is 12.5. The van der Waals surface area contributed by atoms with Crippen molar-refractivity contribution in [2.24, 2.45) is 5.92 Å². The van der Waals surface area contributed by atoms with Crippen LogP contribution in [0, 0.1) is 5.92 Å². The highest BCUT2D eigenvalue weighted by Gasteiger charge is 2.38. The van der Waals surface area contributed by atoms with Crippen molar-refractivity contribution in [3.63, 3.8) is 0 Å². The zero-order valence-electron chi connectivity index (χ0n) is 15.4. The van der Waals surface area contributed by atoms with E-state index in [1.54, 1.807) is 0 Å². The maximum absolute atomic E-state index is 6.32. The van der Waals surface area contributed by atoms with Gasteiger partial charge in [0.25, 0.3) is 0 Å². The van der Waals surface area contributed by atoms with E-state index in [2.05, 4.69) is 32.0 Å². The molecular formula is C18H39NO2SSi. The van der Waals surface area contributed by atoms with Crippen LogP contribution in [-0.2, 0) is 8.95 Å². The molecule has 1 heterocycles. The van der Waals surface area contributed by atoms with Crippen LogP contribution in [0.5, 0.6) is 0 Å². The van der Waals surface area contributed by atoms with E-state index in [0.29, 0.717) is 5.92 Å². The average molecular weight is 362 g/mol. The maximum atomic E-state index is 6.32. The molecule has 0 saturated carbocycles. The van der Waals surface area contributed by atoms with Crippen LogP contribution >= 0.6 is 12.6 Å². The van der Waals surface area contributed by atoms with Crippen LogP contribution in [0.15, 0.2) is 0 Å². The molecule has 1 fully saturated rings. The molecule has 1 aliphatic rings. The Morgan fingerprint density at radius 2 is 1.65 bits per heavy atom. The Labute approximate surface area is 150 Å². The average Bonchev–Trinajstić information content (AvgIpc) is 2.53. The van der Waals surface area contributed by atoms with E-state index in [4.69, 9.17) is 8.95 Å². The predicted molar refractivity (Wildman–Crippen MR) is 105 cm³/mol. The van der Waals surface area contributed by atoms with Crippen molar-refractivity contribution in [2.75, 3.05) is 18.9 Å². The molecule has 0 aromatic heterocycles. The third kappa shape index (κ3) is 10.1. The van der Waals surface area contributed by atoms with Gasteiger partial charge in [0, 0.05) is 13.2 Å². The molecular weight excluding hydrogens is 322 g/mol. The van der Waals surface area contributed by atoms with Gasteiger partial charge in [0.05, 0.1) is 0 Å². The van der Waals surface area contributed by atoms with E-state index >= 15 is 0 Å². The molecule has 0 aliphatic carbocycles. The second-order valence-corrected chi connectivity index (χ2v) is 10.9. The molecule has 0 radical (unpaired) electrons. The largest absolute Gasteiger partial charge is 0.393 e. The summed E-state index contributed by atoms with van der Waals surface area (Å²) in [6.45, 7) is 6.36. The van der Waals surface area contributed by atoms with Gasteiger partial charge in [0.2, 0.25) is 0 Å². The smallest absolute Gasteiger partial charge is 0.358 e. The molecule has 0 aromatic carbocycles. The second-order valence-electron chi connectivity index (χ2n) is 7.16. The standard InChI is InChI=1S/C18H39NO2SSi/c1-3-4-5-6-7-8-9-10-15-23(16-11-14-22)20-13-12-18(2)17-19-21-23/h18-19,22H,3-17H2,1-2H3. The summed E-state index contributed by atoms with van der Waals surface area (Å²) in [5.74, 6) is 1.56. The number of rotatable bonds is 12. The number of thiol groups is 1. The first kappa shape index (κ1) is 21.5. The molecule has 3 nitrogen and oxygen atoms in total. The number of nitrogens with one attached hydrogen (secondary N) is 1. The van der Waals surface area contributed by atoms with Gasteiger partial charge >= 0.3 is 8.56 Å². The Kier molecular flexibility index (Phi) is 12.8. The van der Waals surface area contributed by atoms with Gasteiger partial charge in [-0.25, -0.2) is 5.48 Å². The minimum atomic E-state index is -2.06. The summed E-state index contributed by atoms with van der Waals surface area (Å²) >= 11 is 4.38. The fourth-order valence-electron chi connectivity index (χ4n) is 3.14.